The monoisotopic (exact) mass is 417 g/mol. The number of rotatable bonds is 10. The number of amides is 3. The van der Waals surface area contributed by atoms with Gasteiger partial charge in [-0.2, -0.15) is 0 Å². The molecule has 3 rings (SSSR count). The van der Waals surface area contributed by atoms with Gasteiger partial charge in [-0.05, 0) is 11.5 Å². The number of benzene rings is 2. The zero-order chi connectivity index (χ0) is 21.7. The maximum absolute atomic E-state index is 12.8. The molecular formula is C19H19N3O8. The number of hydrogen-bond donors (Lipinski definition) is 2. The van der Waals surface area contributed by atoms with E-state index in [0.29, 0.717) is 16.3 Å². The first-order valence-corrected chi connectivity index (χ1v) is 9.10. The molecule has 11 heteroatoms. The smallest absolute Gasteiger partial charge is 0.270 e. The van der Waals surface area contributed by atoms with Gasteiger partial charge in [0.05, 0.1) is 49.9 Å². The Hall–Kier alpha value is -3.41. The van der Waals surface area contributed by atoms with Crippen LogP contribution in [-0.4, -0.2) is 65.7 Å². The number of hydrogen-bond acceptors (Lipinski definition) is 8. The molecule has 0 fully saturated rings. The summed E-state index contributed by atoms with van der Waals surface area (Å²) in [6, 6.07) is 7.34. The summed E-state index contributed by atoms with van der Waals surface area (Å²) >= 11 is 0. The molecular weight excluding hydrogens is 398 g/mol. The molecule has 3 amide bonds. The van der Waals surface area contributed by atoms with Crippen molar-refractivity contribution in [3.05, 3.63) is 51.6 Å². The van der Waals surface area contributed by atoms with Crippen LogP contribution in [0.5, 0.6) is 0 Å². The van der Waals surface area contributed by atoms with Crippen LogP contribution in [-0.2, 0) is 14.3 Å². The number of non-ortho nitro benzene ring substituents is 1. The lowest BCUT2D eigenvalue weighted by Crippen LogP contribution is -2.42. The molecule has 1 aliphatic heterocycles. The zero-order valence-electron chi connectivity index (χ0n) is 15.8. The normalized spacial score (nSPS) is 13.0. The summed E-state index contributed by atoms with van der Waals surface area (Å²) in [4.78, 5) is 48.0. The highest BCUT2D eigenvalue weighted by atomic mass is 16.6. The second kappa shape index (κ2) is 9.39. The van der Waals surface area contributed by atoms with Crippen LogP contribution in [0.2, 0.25) is 0 Å². The van der Waals surface area contributed by atoms with Gasteiger partial charge in [-0.1, -0.05) is 12.1 Å². The van der Waals surface area contributed by atoms with Gasteiger partial charge in [-0.3, -0.25) is 34.6 Å². The summed E-state index contributed by atoms with van der Waals surface area (Å²) in [6.07, 6.45) is 0.00434. The van der Waals surface area contributed by atoms with E-state index in [4.69, 9.17) is 14.7 Å². The van der Waals surface area contributed by atoms with Crippen molar-refractivity contribution in [3.8, 4) is 0 Å². The predicted molar refractivity (Wildman–Crippen MR) is 102 cm³/mol. The first-order valence-electron chi connectivity index (χ1n) is 9.10. The number of carbonyl (C=O) groups is 3. The molecule has 0 radical (unpaired) electrons. The lowest BCUT2D eigenvalue weighted by atomic mass is 9.93. The van der Waals surface area contributed by atoms with E-state index in [2.05, 4.69) is 0 Å². The second-order valence-corrected chi connectivity index (χ2v) is 6.43. The fraction of sp³-hybridized carbons (Fsp3) is 0.316. The molecule has 2 aromatic rings. The summed E-state index contributed by atoms with van der Waals surface area (Å²) in [5.41, 5.74) is 1.69. The Morgan fingerprint density at radius 3 is 2.47 bits per heavy atom. The number of nitrogens with zero attached hydrogens (tertiary/aromatic N) is 2. The van der Waals surface area contributed by atoms with Crippen LogP contribution in [0.4, 0.5) is 5.69 Å². The molecule has 2 N–H and O–H groups in total. The summed E-state index contributed by atoms with van der Waals surface area (Å²) < 4.78 is 10.5. The van der Waals surface area contributed by atoms with Crippen LogP contribution in [0.1, 0.15) is 27.1 Å². The lowest BCUT2D eigenvalue weighted by molar-refractivity contribution is -0.384. The number of nitrogens with one attached hydrogen (secondary N) is 1. The maximum atomic E-state index is 12.8. The summed E-state index contributed by atoms with van der Waals surface area (Å²) in [5.74, 6) is -1.65. The van der Waals surface area contributed by atoms with Gasteiger partial charge in [-0.15, -0.1) is 0 Å². The molecule has 1 aliphatic rings. The molecule has 0 atom stereocenters. The van der Waals surface area contributed by atoms with E-state index in [9.17, 15) is 24.5 Å². The van der Waals surface area contributed by atoms with Crippen LogP contribution in [0.15, 0.2) is 30.3 Å². The Morgan fingerprint density at radius 1 is 1.07 bits per heavy atom. The highest BCUT2D eigenvalue weighted by Gasteiger charge is 2.34. The molecule has 0 saturated carbocycles. The fourth-order valence-electron chi connectivity index (χ4n) is 3.15. The Balaban J connectivity index is 1.61. The molecule has 0 unspecified atom stereocenters. The van der Waals surface area contributed by atoms with E-state index < -0.39 is 22.6 Å². The summed E-state index contributed by atoms with van der Waals surface area (Å²) in [7, 11) is 0. The van der Waals surface area contributed by atoms with Crippen molar-refractivity contribution in [1.29, 1.82) is 0 Å². The topological polar surface area (TPSA) is 148 Å². The lowest BCUT2D eigenvalue weighted by Gasteiger charge is -2.27. The molecule has 30 heavy (non-hydrogen) atoms. The third-order valence-electron chi connectivity index (χ3n) is 4.55. The van der Waals surface area contributed by atoms with Gasteiger partial charge in [0.25, 0.3) is 17.5 Å². The molecule has 11 nitrogen and oxygen atoms in total. The maximum Gasteiger partial charge on any atom is 0.270 e. The van der Waals surface area contributed by atoms with Crippen LogP contribution in [0.3, 0.4) is 0 Å². The van der Waals surface area contributed by atoms with E-state index in [0.717, 1.165) is 4.90 Å². The van der Waals surface area contributed by atoms with E-state index in [1.54, 1.807) is 18.2 Å². The van der Waals surface area contributed by atoms with Crippen LogP contribution in [0.25, 0.3) is 10.8 Å². The Bertz CT molecular complexity index is 1010. The number of nitro benzene ring substituents is 1. The van der Waals surface area contributed by atoms with Gasteiger partial charge >= 0.3 is 0 Å². The van der Waals surface area contributed by atoms with Gasteiger partial charge < -0.3 is 9.47 Å². The number of imide groups is 1. The van der Waals surface area contributed by atoms with E-state index in [-0.39, 0.29) is 50.6 Å². The predicted octanol–water partition coefficient (Wildman–Crippen LogP) is 1.27. The molecule has 2 aromatic carbocycles. The van der Waals surface area contributed by atoms with E-state index >= 15 is 0 Å². The fourth-order valence-corrected chi connectivity index (χ4v) is 3.15. The summed E-state index contributed by atoms with van der Waals surface area (Å²) in [5, 5.41) is 20.4. The van der Waals surface area contributed by atoms with Gasteiger partial charge in [0.15, 0.2) is 0 Å². The Morgan fingerprint density at radius 2 is 1.77 bits per heavy atom. The molecule has 158 valence electrons. The number of ether oxygens (including phenoxy) is 2. The quantitative estimate of drug-likeness (QED) is 0.193. The van der Waals surface area contributed by atoms with Gasteiger partial charge in [0.2, 0.25) is 5.91 Å². The van der Waals surface area contributed by atoms with Crippen LogP contribution >= 0.6 is 0 Å². The van der Waals surface area contributed by atoms with Crippen LogP contribution < -0.4 is 5.48 Å². The van der Waals surface area contributed by atoms with Crippen molar-refractivity contribution in [2.75, 3.05) is 33.0 Å². The van der Waals surface area contributed by atoms with Crippen molar-refractivity contribution in [1.82, 2.24) is 10.4 Å². The van der Waals surface area contributed by atoms with Crippen molar-refractivity contribution in [3.63, 3.8) is 0 Å². The van der Waals surface area contributed by atoms with Crippen molar-refractivity contribution in [2.45, 2.75) is 6.42 Å². The largest absolute Gasteiger partial charge is 0.379 e. The highest BCUT2D eigenvalue weighted by Crippen LogP contribution is 2.33. The van der Waals surface area contributed by atoms with E-state index in [1.165, 1.54) is 17.6 Å². The third kappa shape index (κ3) is 4.43. The minimum atomic E-state index is -0.609. The molecule has 0 aliphatic carbocycles. The Kier molecular flexibility index (Phi) is 6.67. The first kappa shape index (κ1) is 21.3. The van der Waals surface area contributed by atoms with Crippen molar-refractivity contribution >= 4 is 34.2 Å². The Labute approximate surface area is 170 Å². The highest BCUT2D eigenvalue weighted by molar-refractivity contribution is 6.25. The van der Waals surface area contributed by atoms with Gasteiger partial charge in [-0.25, -0.2) is 5.48 Å². The average molecular weight is 417 g/mol. The second-order valence-electron chi connectivity index (χ2n) is 6.43. The number of hydroxylamine groups is 1. The number of carbonyl (C=O) groups excluding carboxylic acids is 3. The molecule has 1 heterocycles. The first-order chi connectivity index (χ1) is 14.4. The molecule has 0 spiro atoms. The summed E-state index contributed by atoms with van der Waals surface area (Å²) in [6.45, 7) is 0.503. The van der Waals surface area contributed by atoms with Crippen molar-refractivity contribution < 1.29 is 34.0 Å². The molecule has 0 bridgehead atoms. The van der Waals surface area contributed by atoms with Gasteiger partial charge in [0.1, 0.15) is 0 Å². The SMILES string of the molecule is O=C(CCOCCOCCN1C(=O)c2cccc3cc([N+](=O)[O-])cc(c23)C1=O)NO. The number of nitro groups is 1. The molecule has 0 saturated heterocycles. The standard InChI is InChI=1S/C19H19N3O8/c23-16(20-26)4-6-29-8-9-30-7-5-21-18(24)14-3-1-2-12-10-13(22(27)28)11-15(17(12)14)19(21)25/h1-3,10-11,26H,4-9H2,(H,20,23). The molecule has 0 aromatic heterocycles. The van der Waals surface area contributed by atoms with Crippen LogP contribution in [0, 0.1) is 10.1 Å². The average Bonchev–Trinajstić information content (AvgIpc) is 2.74. The van der Waals surface area contributed by atoms with Gasteiger partial charge in [0, 0.05) is 23.1 Å². The third-order valence-corrected chi connectivity index (χ3v) is 4.55. The van der Waals surface area contributed by atoms with E-state index in [1.807, 2.05) is 0 Å². The zero-order valence-corrected chi connectivity index (χ0v) is 15.8. The minimum absolute atomic E-state index is 0.00434. The van der Waals surface area contributed by atoms with Crippen molar-refractivity contribution in [2.24, 2.45) is 0 Å². The minimum Gasteiger partial charge on any atom is -0.379 e.